The van der Waals surface area contributed by atoms with E-state index in [1.165, 1.54) is 13.2 Å². The van der Waals surface area contributed by atoms with Crippen molar-refractivity contribution in [3.05, 3.63) is 83.4 Å². The molecule has 0 bridgehead atoms. The van der Waals surface area contributed by atoms with E-state index in [9.17, 15) is 18.4 Å². The van der Waals surface area contributed by atoms with Crippen LogP contribution in [0, 0.1) is 11.6 Å². The number of hydrogen-bond acceptors (Lipinski definition) is 3. The van der Waals surface area contributed by atoms with E-state index in [0.29, 0.717) is 0 Å². The normalized spacial score (nSPS) is 11.8. The van der Waals surface area contributed by atoms with Crippen LogP contribution in [-0.2, 0) is 27.2 Å². The highest BCUT2D eigenvalue weighted by molar-refractivity contribution is 5.86. The predicted molar refractivity (Wildman–Crippen MR) is 102 cm³/mol. The SMILES string of the molecule is COC(=O)[C@@H](Cc1ccc2ccccc2c1)NC(=O)Cc1ccc(F)cc1F. The lowest BCUT2D eigenvalue weighted by Crippen LogP contribution is -2.43. The van der Waals surface area contributed by atoms with Gasteiger partial charge in [-0.25, -0.2) is 13.6 Å². The molecule has 3 rings (SSSR count). The number of fused-ring (bicyclic) bond motifs is 1. The van der Waals surface area contributed by atoms with Crippen molar-refractivity contribution < 1.29 is 23.1 Å². The average molecular weight is 383 g/mol. The second-order valence-corrected chi connectivity index (χ2v) is 6.44. The molecule has 0 spiro atoms. The van der Waals surface area contributed by atoms with Crippen molar-refractivity contribution in [1.82, 2.24) is 5.32 Å². The fourth-order valence-electron chi connectivity index (χ4n) is 3.02. The lowest BCUT2D eigenvalue weighted by molar-refractivity contribution is -0.145. The number of hydrogen-bond donors (Lipinski definition) is 1. The summed E-state index contributed by atoms with van der Waals surface area (Å²) in [6.07, 6.45) is -0.0769. The minimum Gasteiger partial charge on any atom is -0.467 e. The molecule has 3 aromatic rings. The topological polar surface area (TPSA) is 55.4 Å². The van der Waals surface area contributed by atoms with Crippen LogP contribution in [0.2, 0.25) is 0 Å². The third-order valence-electron chi connectivity index (χ3n) is 4.44. The van der Waals surface area contributed by atoms with Crippen LogP contribution >= 0.6 is 0 Å². The number of amides is 1. The molecule has 0 radical (unpaired) electrons. The van der Waals surface area contributed by atoms with E-state index < -0.39 is 29.6 Å². The fourth-order valence-corrected chi connectivity index (χ4v) is 3.02. The standard InChI is InChI=1S/C22H19F2NO3/c1-28-22(27)20(11-14-6-7-15-4-2-3-5-16(15)10-14)25-21(26)12-17-8-9-18(23)13-19(17)24/h2-10,13,20H,11-12H2,1H3,(H,25,26)/t20-/m1/s1. The third kappa shape index (κ3) is 4.71. The Labute approximate surface area is 161 Å². The highest BCUT2D eigenvalue weighted by Crippen LogP contribution is 2.17. The number of esters is 1. The van der Waals surface area contributed by atoms with E-state index >= 15 is 0 Å². The third-order valence-corrected chi connectivity index (χ3v) is 4.44. The van der Waals surface area contributed by atoms with Gasteiger partial charge in [-0.05, 0) is 28.0 Å². The van der Waals surface area contributed by atoms with Crippen LogP contribution in [-0.4, -0.2) is 25.0 Å². The quantitative estimate of drug-likeness (QED) is 0.662. The molecule has 0 aliphatic heterocycles. The lowest BCUT2D eigenvalue weighted by atomic mass is 10.0. The molecule has 1 N–H and O–H groups in total. The van der Waals surface area contributed by atoms with Crippen molar-refractivity contribution in [2.45, 2.75) is 18.9 Å². The largest absolute Gasteiger partial charge is 0.467 e. The van der Waals surface area contributed by atoms with E-state index in [0.717, 1.165) is 28.5 Å². The van der Waals surface area contributed by atoms with Crippen LogP contribution in [0.25, 0.3) is 10.8 Å². The summed E-state index contributed by atoms with van der Waals surface area (Å²) < 4.78 is 31.5. The van der Waals surface area contributed by atoms with Gasteiger partial charge in [-0.15, -0.1) is 0 Å². The summed E-state index contributed by atoms with van der Waals surface area (Å²) in [5.74, 6) is -2.67. The second kappa shape index (κ2) is 8.61. The molecule has 0 aliphatic rings. The summed E-state index contributed by atoms with van der Waals surface area (Å²) >= 11 is 0. The van der Waals surface area contributed by atoms with Gasteiger partial charge in [0.05, 0.1) is 13.5 Å². The van der Waals surface area contributed by atoms with E-state index in [1.807, 2.05) is 42.5 Å². The molecule has 0 saturated carbocycles. The first kappa shape index (κ1) is 19.5. The van der Waals surface area contributed by atoms with Gasteiger partial charge in [0.15, 0.2) is 0 Å². The van der Waals surface area contributed by atoms with E-state index in [-0.39, 0.29) is 18.4 Å². The number of carbonyl (C=O) groups is 2. The van der Waals surface area contributed by atoms with Crippen molar-refractivity contribution in [2.75, 3.05) is 7.11 Å². The van der Waals surface area contributed by atoms with Crippen molar-refractivity contribution in [1.29, 1.82) is 0 Å². The molecule has 144 valence electrons. The van der Waals surface area contributed by atoms with Crippen LogP contribution in [0.4, 0.5) is 8.78 Å². The Morgan fingerprint density at radius 1 is 1.00 bits per heavy atom. The van der Waals surface area contributed by atoms with Crippen molar-refractivity contribution >= 4 is 22.6 Å². The number of halogens is 2. The maximum Gasteiger partial charge on any atom is 0.328 e. The van der Waals surface area contributed by atoms with Gasteiger partial charge >= 0.3 is 5.97 Å². The summed E-state index contributed by atoms with van der Waals surface area (Å²) in [5.41, 5.74) is 0.899. The van der Waals surface area contributed by atoms with E-state index in [1.54, 1.807) is 0 Å². The van der Waals surface area contributed by atoms with Crippen molar-refractivity contribution in [2.24, 2.45) is 0 Å². The number of nitrogens with one attached hydrogen (secondary N) is 1. The van der Waals surface area contributed by atoms with Crippen LogP contribution in [0.15, 0.2) is 60.7 Å². The van der Waals surface area contributed by atoms with Gasteiger partial charge in [-0.3, -0.25) is 4.79 Å². The van der Waals surface area contributed by atoms with Gasteiger partial charge in [0.1, 0.15) is 17.7 Å². The van der Waals surface area contributed by atoms with Crippen molar-refractivity contribution in [3.63, 3.8) is 0 Å². The first-order valence-electron chi connectivity index (χ1n) is 8.75. The predicted octanol–water partition coefficient (Wildman–Crippen LogP) is 3.56. The zero-order valence-electron chi connectivity index (χ0n) is 15.2. The summed E-state index contributed by atoms with van der Waals surface area (Å²) in [6, 6.07) is 15.7. The average Bonchev–Trinajstić information content (AvgIpc) is 2.69. The van der Waals surface area contributed by atoms with Gasteiger partial charge in [0.2, 0.25) is 5.91 Å². The second-order valence-electron chi connectivity index (χ2n) is 6.44. The molecule has 3 aromatic carbocycles. The Morgan fingerprint density at radius 3 is 2.46 bits per heavy atom. The summed E-state index contributed by atoms with van der Waals surface area (Å²) in [7, 11) is 1.24. The van der Waals surface area contributed by atoms with Gasteiger partial charge in [0.25, 0.3) is 0 Å². The van der Waals surface area contributed by atoms with Crippen LogP contribution in [0.5, 0.6) is 0 Å². The Kier molecular flexibility index (Phi) is 5.99. The van der Waals surface area contributed by atoms with Crippen LogP contribution in [0.1, 0.15) is 11.1 Å². The lowest BCUT2D eigenvalue weighted by Gasteiger charge is -2.17. The number of methoxy groups -OCH3 is 1. The molecule has 0 aromatic heterocycles. The maximum atomic E-state index is 13.8. The summed E-state index contributed by atoms with van der Waals surface area (Å²) in [4.78, 5) is 24.4. The molecule has 0 saturated heterocycles. The van der Waals surface area contributed by atoms with Crippen molar-refractivity contribution in [3.8, 4) is 0 Å². The number of ether oxygens (including phenoxy) is 1. The first-order valence-corrected chi connectivity index (χ1v) is 8.75. The Hall–Kier alpha value is -3.28. The minimum absolute atomic E-state index is 0.0493. The maximum absolute atomic E-state index is 13.8. The molecular formula is C22H19F2NO3. The molecule has 0 unspecified atom stereocenters. The van der Waals surface area contributed by atoms with Crippen LogP contribution < -0.4 is 5.32 Å². The summed E-state index contributed by atoms with van der Waals surface area (Å²) in [5, 5.41) is 4.66. The highest BCUT2D eigenvalue weighted by atomic mass is 19.1. The van der Waals surface area contributed by atoms with Gasteiger partial charge in [-0.1, -0.05) is 48.5 Å². The smallest absolute Gasteiger partial charge is 0.328 e. The minimum atomic E-state index is -0.915. The monoisotopic (exact) mass is 383 g/mol. The Balaban J connectivity index is 1.73. The number of benzene rings is 3. The van der Waals surface area contributed by atoms with Gasteiger partial charge in [-0.2, -0.15) is 0 Å². The molecule has 4 nitrogen and oxygen atoms in total. The number of carbonyl (C=O) groups excluding carboxylic acids is 2. The molecule has 0 fully saturated rings. The molecule has 28 heavy (non-hydrogen) atoms. The molecule has 1 atom stereocenters. The van der Waals surface area contributed by atoms with Gasteiger partial charge < -0.3 is 10.1 Å². The molecule has 0 aliphatic carbocycles. The molecule has 6 heteroatoms. The zero-order valence-corrected chi connectivity index (χ0v) is 15.2. The first-order chi connectivity index (χ1) is 13.5. The highest BCUT2D eigenvalue weighted by Gasteiger charge is 2.22. The van der Waals surface area contributed by atoms with E-state index in [4.69, 9.17) is 4.74 Å². The van der Waals surface area contributed by atoms with E-state index in [2.05, 4.69) is 5.32 Å². The summed E-state index contributed by atoms with van der Waals surface area (Å²) in [6.45, 7) is 0. The Bertz CT molecular complexity index is 1020. The zero-order chi connectivity index (χ0) is 20.1. The molecular weight excluding hydrogens is 364 g/mol. The fraction of sp³-hybridized carbons (Fsp3) is 0.182. The number of rotatable bonds is 6. The molecule has 1 amide bonds. The van der Waals surface area contributed by atoms with Crippen LogP contribution in [0.3, 0.4) is 0 Å². The van der Waals surface area contributed by atoms with Gasteiger partial charge in [0, 0.05) is 12.5 Å². The Morgan fingerprint density at radius 2 is 1.75 bits per heavy atom. The molecule has 0 heterocycles.